The predicted molar refractivity (Wildman–Crippen MR) is 61.5 cm³/mol. The van der Waals surface area contributed by atoms with Crippen LogP contribution in [0, 0.1) is 17.5 Å². The van der Waals surface area contributed by atoms with Crippen molar-refractivity contribution in [2.75, 3.05) is 5.73 Å². The van der Waals surface area contributed by atoms with Crippen LogP contribution >= 0.6 is 0 Å². The van der Waals surface area contributed by atoms with Gasteiger partial charge in [0.15, 0.2) is 11.6 Å². The van der Waals surface area contributed by atoms with Gasteiger partial charge in [0.2, 0.25) is 0 Å². The summed E-state index contributed by atoms with van der Waals surface area (Å²) in [5.41, 5.74) is 5.62. The molecule has 2 rings (SSSR count). The first kappa shape index (κ1) is 12.3. The maximum atomic E-state index is 13.4. The van der Waals surface area contributed by atoms with Crippen molar-refractivity contribution >= 4 is 5.69 Å². The van der Waals surface area contributed by atoms with Gasteiger partial charge >= 0.3 is 0 Å². The van der Waals surface area contributed by atoms with Crippen molar-refractivity contribution in [3.05, 3.63) is 59.4 Å². The first-order valence-electron chi connectivity index (χ1n) is 5.18. The van der Waals surface area contributed by atoms with Crippen LogP contribution < -0.4 is 10.5 Å². The number of halogens is 3. The molecule has 0 radical (unpaired) electrons. The van der Waals surface area contributed by atoms with Gasteiger partial charge in [-0.3, -0.25) is 0 Å². The number of hydrogen-bond acceptors (Lipinski definition) is 2. The van der Waals surface area contributed by atoms with Crippen LogP contribution in [0.15, 0.2) is 36.4 Å². The van der Waals surface area contributed by atoms with Gasteiger partial charge in [0.25, 0.3) is 0 Å². The van der Waals surface area contributed by atoms with Gasteiger partial charge in [0, 0.05) is 5.56 Å². The molecule has 2 N–H and O–H groups in total. The SMILES string of the molecule is Nc1cccc(F)c1OCc1cc(F)ccc1F. The quantitative estimate of drug-likeness (QED) is 0.852. The van der Waals surface area contributed by atoms with E-state index in [1.807, 2.05) is 0 Å². The van der Waals surface area contributed by atoms with Crippen LogP contribution in [0.5, 0.6) is 5.75 Å². The van der Waals surface area contributed by atoms with E-state index >= 15 is 0 Å². The van der Waals surface area contributed by atoms with Crippen molar-refractivity contribution in [3.8, 4) is 5.75 Å². The van der Waals surface area contributed by atoms with Crippen molar-refractivity contribution in [1.29, 1.82) is 0 Å². The number of benzene rings is 2. The largest absolute Gasteiger partial charge is 0.484 e. The van der Waals surface area contributed by atoms with Crippen molar-refractivity contribution in [2.45, 2.75) is 6.61 Å². The smallest absolute Gasteiger partial charge is 0.178 e. The Morgan fingerprint density at radius 2 is 1.78 bits per heavy atom. The van der Waals surface area contributed by atoms with E-state index in [1.165, 1.54) is 18.2 Å². The lowest BCUT2D eigenvalue weighted by Gasteiger charge is -2.10. The standard InChI is InChI=1S/C13H10F3NO/c14-9-4-5-10(15)8(6-9)7-18-13-11(16)2-1-3-12(13)17/h1-6H,7,17H2. The predicted octanol–water partition coefficient (Wildman–Crippen LogP) is 3.27. The van der Waals surface area contributed by atoms with Crippen LogP contribution in [0.4, 0.5) is 18.9 Å². The van der Waals surface area contributed by atoms with E-state index in [0.29, 0.717) is 0 Å². The molecule has 5 heteroatoms. The number of anilines is 1. The fourth-order valence-electron chi connectivity index (χ4n) is 1.48. The first-order valence-corrected chi connectivity index (χ1v) is 5.18. The molecule has 2 aromatic rings. The molecule has 2 aromatic carbocycles. The van der Waals surface area contributed by atoms with Crippen LogP contribution in [0.25, 0.3) is 0 Å². The third kappa shape index (κ3) is 2.56. The van der Waals surface area contributed by atoms with Crippen LogP contribution in [0.1, 0.15) is 5.56 Å². The second-order valence-electron chi connectivity index (χ2n) is 3.68. The molecule has 0 fully saturated rings. The second-order valence-corrected chi connectivity index (χ2v) is 3.68. The van der Waals surface area contributed by atoms with Gasteiger partial charge in [-0.25, -0.2) is 13.2 Å². The lowest BCUT2D eigenvalue weighted by molar-refractivity contribution is 0.286. The molecule has 0 unspecified atom stereocenters. The van der Waals surface area contributed by atoms with Crippen LogP contribution in [0.2, 0.25) is 0 Å². The summed E-state index contributed by atoms with van der Waals surface area (Å²) >= 11 is 0. The zero-order valence-electron chi connectivity index (χ0n) is 9.29. The summed E-state index contributed by atoms with van der Waals surface area (Å²) in [6, 6.07) is 7.04. The van der Waals surface area contributed by atoms with Crippen molar-refractivity contribution in [2.24, 2.45) is 0 Å². The molecule has 0 aliphatic rings. The molecule has 2 nitrogen and oxygen atoms in total. The number of para-hydroxylation sites is 1. The molecular formula is C13H10F3NO. The lowest BCUT2D eigenvalue weighted by Crippen LogP contribution is -2.03. The Hall–Kier alpha value is -2.17. The fraction of sp³-hybridized carbons (Fsp3) is 0.0769. The van der Waals surface area contributed by atoms with Crippen LogP contribution in [-0.2, 0) is 6.61 Å². The minimum atomic E-state index is -0.646. The Morgan fingerprint density at radius 1 is 1.00 bits per heavy atom. The Labute approximate surface area is 102 Å². The highest BCUT2D eigenvalue weighted by atomic mass is 19.1. The molecule has 0 spiro atoms. The lowest BCUT2D eigenvalue weighted by atomic mass is 10.2. The average molecular weight is 253 g/mol. The van der Waals surface area contributed by atoms with Gasteiger partial charge in [-0.05, 0) is 30.3 Å². The summed E-state index contributed by atoms with van der Waals surface area (Å²) in [7, 11) is 0. The van der Waals surface area contributed by atoms with E-state index in [1.54, 1.807) is 0 Å². The molecule has 0 amide bonds. The number of ether oxygens (including phenoxy) is 1. The van der Waals surface area contributed by atoms with Gasteiger partial charge in [-0.15, -0.1) is 0 Å². The van der Waals surface area contributed by atoms with E-state index in [2.05, 4.69) is 0 Å². The molecule has 94 valence electrons. The van der Waals surface area contributed by atoms with E-state index in [4.69, 9.17) is 10.5 Å². The van der Waals surface area contributed by atoms with Crippen molar-refractivity contribution < 1.29 is 17.9 Å². The maximum absolute atomic E-state index is 13.4. The number of nitrogen functional groups attached to an aromatic ring is 1. The Morgan fingerprint density at radius 3 is 2.50 bits per heavy atom. The highest BCUT2D eigenvalue weighted by Gasteiger charge is 2.10. The molecule has 0 aliphatic carbocycles. The van der Waals surface area contributed by atoms with Crippen LogP contribution in [-0.4, -0.2) is 0 Å². The van der Waals surface area contributed by atoms with E-state index in [0.717, 1.165) is 18.2 Å². The molecule has 0 aliphatic heterocycles. The number of hydrogen-bond donors (Lipinski definition) is 1. The summed E-state index contributed by atoms with van der Waals surface area (Å²) in [4.78, 5) is 0. The van der Waals surface area contributed by atoms with Gasteiger partial charge in [-0.2, -0.15) is 0 Å². The Kier molecular flexibility index (Phi) is 3.41. The zero-order valence-corrected chi connectivity index (χ0v) is 9.29. The summed E-state index contributed by atoms with van der Waals surface area (Å²) in [6.45, 7) is -0.297. The van der Waals surface area contributed by atoms with E-state index < -0.39 is 17.5 Å². The normalized spacial score (nSPS) is 10.4. The molecular weight excluding hydrogens is 243 g/mol. The zero-order chi connectivity index (χ0) is 13.1. The van der Waals surface area contributed by atoms with Gasteiger partial charge in [-0.1, -0.05) is 6.07 Å². The minimum absolute atomic E-state index is 0.00217. The first-order chi connectivity index (χ1) is 8.58. The summed E-state index contributed by atoms with van der Waals surface area (Å²) in [5, 5.41) is 0. The topological polar surface area (TPSA) is 35.2 Å². The average Bonchev–Trinajstić information content (AvgIpc) is 2.33. The molecule has 0 saturated heterocycles. The van der Waals surface area contributed by atoms with E-state index in [-0.39, 0.29) is 23.6 Å². The minimum Gasteiger partial charge on any atom is -0.484 e. The summed E-state index contributed by atoms with van der Waals surface area (Å²) in [6.07, 6.45) is 0. The Balaban J connectivity index is 2.19. The van der Waals surface area contributed by atoms with Crippen molar-refractivity contribution in [1.82, 2.24) is 0 Å². The number of rotatable bonds is 3. The molecule has 18 heavy (non-hydrogen) atoms. The van der Waals surface area contributed by atoms with Gasteiger partial charge in [0.05, 0.1) is 5.69 Å². The molecule has 0 atom stereocenters. The monoisotopic (exact) mass is 253 g/mol. The third-order valence-corrected chi connectivity index (χ3v) is 2.38. The third-order valence-electron chi connectivity index (χ3n) is 2.38. The second kappa shape index (κ2) is 5.00. The highest BCUT2D eigenvalue weighted by Crippen LogP contribution is 2.26. The van der Waals surface area contributed by atoms with Crippen molar-refractivity contribution in [3.63, 3.8) is 0 Å². The molecule has 0 aromatic heterocycles. The van der Waals surface area contributed by atoms with Crippen LogP contribution in [0.3, 0.4) is 0 Å². The Bertz CT molecular complexity index is 552. The molecule has 0 heterocycles. The van der Waals surface area contributed by atoms with E-state index in [9.17, 15) is 13.2 Å². The van der Waals surface area contributed by atoms with Gasteiger partial charge < -0.3 is 10.5 Å². The fourth-order valence-corrected chi connectivity index (χ4v) is 1.48. The highest BCUT2D eigenvalue weighted by molar-refractivity contribution is 5.52. The summed E-state index contributed by atoms with van der Waals surface area (Å²) < 4.78 is 44.7. The van der Waals surface area contributed by atoms with Gasteiger partial charge in [0.1, 0.15) is 18.2 Å². The summed E-state index contributed by atoms with van der Waals surface area (Å²) in [5.74, 6) is -2.02. The maximum Gasteiger partial charge on any atom is 0.178 e. The molecule has 0 bridgehead atoms. The molecule has 0 saturated carbocycles. The number of nitrogens with two attached hydrogens (primary N) is 1.